The van der Waals surface area contributed by atoms with E-state index in [1.54, 1.807) is 135 Å². The number of carbonyl (C=O) groups excluding carboxylic acids is 3. The molecule has 0 saturated heterocycles. The van der Waals surface area contributed by atoms with Gasteiger partial charge in [0.05, 0.1) is 52.6 Å². The summed E-state index contributed by atoms with van der Waals surface area (Å²) in [5.41, 5.74) is 18.9. The van der Waals surface area contributed by atoms with Gasteiger partial charge in [-0.3, -0.25) is 19.2 Å². The third-order valence-electron chi connectivity index (χ3n) is 21.9. The first kappa shape index (κ1) is 100. The van der Waals surface area contributed by atoms with Crippen LogP contribution in [0.15, 0.2) is 311 Å². The Morgan fingerprint density at radius 2 is 0.770 bits per heavy atom. The number of hydrogen-bond donors (Lipinski definition) is 5. The van der Waals surface area contributed by atoms with Gasteiger partial charge >= 0.3 is 17.9 Å². The SMILES string of the molecule is COC(=O)CC[C@@H](C)c1ccccc1.COC(=O)CN([C@@H](C)c1ccccc1)S(=O)(=O)c1ccc(C)cc1.C[C@@H]1NC[C@@H](O)c2ccccc21.C[C@H](N)c1ccccc1.Cc1ccc(S(=O)(=O)N(CC(=O)O)[C@@H](C)c2ccccc2)cc1.Cc1ccc(S(=O)(=O)N2CC(=O)c3ccccc3[C@@H]2C)cc1.Cc1ccc(S(=O)(=O)N2C[C@@H](O)c3ccccc3[C@@H]2C)cc1. The topological polar surface area (TPSA) is 335 Å². The third-order valence-corrected chi connectivity index (χ3v) is 29.7. The molecule has 14 rings (SSSR count). The Morgan fingerprint density at radius 3 is 1.17 bits per heavy atom. The van der Waals surface area contributed by atoms with E-state index in [1.807, 2.05) is 188 Å². The van der Waals surface area contributed by atoms with Crippen molar-refractivity contribution < 1.29 is 77.6 Å². The Bertz CT molecular complexity index is 5800. The lowest BCUT2D eigenvalue weighted by Gasteiger charge is -2.36. The zero-order chi connectivity index (χ0) is 92.2. The second kappa shape index (κ2) is 47.0. The fourth-order valence-electron chi connectivity index (χ4n) is 14.2. The second-order valence-electron chi connectivity index (χ2n) is 31.0. The van der Waals surface area contributed by atoms with Gasteiger partial charge in [0.25, 0.3) is 0 Å². The quantitative estimate of drug-likeness (QED) is 0.0417. The maximum Gasteiger partial charge on any atom is 0.321 e. The Labute approximate surface area is 743 Å². The number of nitrogens with zero attached hydrogens (tertiary/aromatic N) is 4. The van der Waals surface area contributed by atoms with Crippen LogP contribution in [0.5, 0.6) is 0 Å². The van der Waals surface area contributed by atoms with Crippen molar-refractivity contribution in [2.24, 2.45) is 5.73 Å². The largest absolute Gasteiger partial charge is 0.480 e. The molecule has 0 aromatic heterocycles. The molecule has 23 nitrogen and oxygen atoms in total. The summed E-state index contributed by atoms with van der Waals surface area (Å²) in [6.45, 7) is 20.6. The Morgan fingerprint density at radius 1 is 0.429 bits per heavy atom. The lowest BCUT2D eigenvalue weighted by atomic mass is 9.93. The molecule has 6 N–H and O–H groups in total. The molecule has 0 saturated carbocycles. The van der Waals surface area contributed by atoms with Gasteiger partial charge in [-0.1, -0.05) is 272 Å². The summed E-state index contributed by atoms with van der Waals surface area (Å²) in [5, 5.41) is 32.3. The van der Waals surface area contributed by atoms with E-state index in [-0.39, 0.29) is 75.2 Å². The number of aliphatic hydroxyl groups is 2. The molecule has 11 aromatic rings. The Kier molecular flexibility index (Phi) is 37.4. The summed E-state index contributed by atoms with van der Waals surface area (Å²) < 4.78 is 117. The van der Waals surface area contributed by atoms with Crippen molar-refractivity contribution in [2.45, 2.75) is 163 Å². The van der Waals surface area contributed by atoms with Crippen molar-refractivity contribution in [2.75, 3.05) is 46.9 Å². The van der Waals surface area contributed by atoms with E-state index in [0.717, 1.165) is 66.4 Å². The van der Waals surface area contributed by atoms with Crippen LogP contribution in [-0.4, -0.2) is 137 Å². The van der Waals surface area contributed by atoms with E-state index >= 15 is 0 Å². The number of carboxylic acids is 1. The summed E-state index contributed by atoms with van der Waals surface area (Å²) in [6, 6.07) is 86.3. The van der Waals surface area contributed by atoms with Gasteiger partial charge in [-0.25, -0.2) is 33.7 Å². The highest BCUT2D eigenvalue weighted by molar-refractivity contribution is 7.90. The van der Waals surface area contributed by atoms with E-state index < -0.39 is 76.8 Å². The average molecular weight is 1790 g/mol. The summed E-state index contributed by atoms with van der Waals surface area (Å²) >= 11 is 0. The molecule has 0 radical (unpaired) electrons. The molecule has 27 heteroatoms. The van der Waals surface area contributed by atoms with Crippen LogP contribution >= 0.6 is 0 Å². The monoisotopic (exact) mass is 1790 g/mol. The van der Waals surface area contributed by atoms with Gasteiger partial charge < -0.3 is 35.8 Å². The Balaban J connectivity index is 0.000000186. The first-order valence-electron chi connectivity index (χ1n) is 41.4. The van der Waals surface area contributed by atoms with Crippen LogP contribution in [0.1, 0.15) is 198 Å². The first-order valence-corrected chi connectivity index (χ1v) is 47.1. The van der Waals surface area contributed by atoms with E-state index in [1.165, 1.54) is 56.0 Å². The lowest BCUT2D eigenvalue weighted by molar-refractivity contribution is -0.141. The zero-order valence-corrected chi connectivity index (χ0v) is 76.7. The molecule has 0 fully saturated rings. The number of benzene rings is 11. The maximum absolute atomic E-state index is 13.0. The Hall–Kier alpha value is -11.0. The highest BCUT2D eigenvalue weighted by Gasteiger charge is 2.40. The smallest absolute Gasteiger partial charge is 0.321 e. The molecule has 3 aliphatic heterocycles. The van der Waals surface area contributed by atoms with Crippen molar-refractivity contribution in [3.8, 4) is 0 Å². The minimum absolute atomic E-state index is 0.0778. The molecule has 0 amide bonds. The van der Waals surface area contributed by atoms with Crippen molar-refractivity contribution in [3.05, 3.63) is 369 Å². The molecule has 3 heterocycles. The number of methoxy groups -OCH3 is 2. The van der Waals surface area contributed by atoms with Crippen molar-refractivity contribution in [1.82, 2.24) is 22.5 Å². The molecule has 0 spiro atoms. The number of Topliss-reactive ketones (excluding diaryl/α,β-unsaturated/α-hetero) is 1. The van der Waals surface area contributed by atoms with Crippen molar-refractivity contribution >= 4 is 63.8 Å². The van der Waals surface area contributed by atoms with Crippen LogP contribution in [0.3, 0.4) is 0 Å². The highest BCUT2D eigenvalue weighted by Crippen LogP contribution is 2.40. The number of β-amino-alcohol motifs (C(OH)–C–C–N with tert-alkyl or cyclic N) is 2. The molecule has 0 aliphatic carbocycles. The summed E-state index contributed by atoms with van der Waals surface area (Å²) in [5.74, 6) is -1.68. The zero-order valence-electron chi connectivity index (χ0n) is 73.4. The third kappa shape index (κ3) is 27.3. The van der Waals surface area contributed by atoms with Gasteiger partial charge in [-0.2, -0.15) is 17.2 Å². The first-order chi connectivity index (χ1) is 59.8. The van der Waals surface area contributed by atoms with Gasteiger partial charge in [-0.15, -0.1) is 0 Å². The molecule has 0 bridgehead atoms. The number of esters is 2. The number of aliphatic carboxylic acids is 1. The van der Waals surface area contributed by atoms with Crippen LogP contribution < -0.4 is 11.1 Å². The second-order valence-corrected chi connectivity index (χ2v) is 38.6. The van der Waals surface area contributed by atoms with Gasteiger partial charge in [-0.05, 0) is 180 Å². The van der Waals surface area contributed by atoms with Crippen LogP contribution in [0.2, 0.25) is 0 Å². The van der Waals surface area contributed by atoms with Crippen LogP contribution in [0, 0.1) is 27.7 Å². The molecule has 9 atom stereocenters. The number of ether oxygens (including phenoxy) is 2. The number of nitrogens with one attached hydrogen (secondary N) is 1. The predicted molar refractivity (Wildman–Crippen MR) is 492 cm³/mol. The highest BCUT2D eigenvalue weighted by atomic mass is 32.2. The minimum atomic E-state index is -3.91. The number of rotatable bonds is 21. The summed E-state index contributed by atoms with van der Waals surface area (Å²) in [7, 11) is -12.4. The molecule has 11 aromatic carbocycles. The summed E-state index contributed by atoms with van der Waals surface area (Å²) in [6.07, 6.45) is 0.202. The van der Waals surface area contributed by atoms with Gasteiger partial charge in [0.2, 0.25) is 40.1 Å². The van der Waals surface area contributed by atoms with Crippen molar-refractivity contribution in [3.63, 3.8) is 0 Å². The number of aryl methyl sites for hydroxylation is 4. The van der Waals surface area contributed by atoms with Crippen LogP contribution in [-0.2, 0) is 64.0 Å². The maximum atomic E-state index is 13.0. The number of carboxylic acid groups (broad SMARTS) is 1. The fraction of sp³-hybridized carbons (Fsp3) is 0.293. The summed E-state index contributed by atoms with van der Waals surface area (Å²) in [4.78, 5) is 46.8. The number of nitrogens with two attached hydrogens (primary N) is 1. The molecular weight excluding hydrogens is 1670 g/mol. The molecule has 126 heavy (non-hydrogen) atoms. The number of hydrogen-bond acceptors (Lipinski definition) is 18. The molecule has 668 valence electrons. The number of aliphatic hydroxyl groups excluding tert-OH is 2. The number of ketones is 1. The van der Waals surface area contributed by atoms with E-state index in [4.69, 9.17) is 10.8 Å². The standard InChI is InChI=1S/C18H21NO4S.C17H19NO4S.C17H19NO3S.C17H17NO3S.C12H16O2.C10H13NO.C8H11N/c1-14-9-11-17(12-10-14)24(21,22)19(13-18(20)23-3)15(2)16-7-5-4-6-8-16;1-13-8-10-16(11-9-13)23(21,22)18(12-17(19)20)14(2)15-6-4-3-5-7-15;2*1-12-7-9-14(10-8-12)22(20,21)18-11-17(19)16-6-4-3-5-15(16)13(18)2;1-10(8-9-12(13)14-2)11-6-4-3-5-7-11;1-7-8-4-2-3-5-9(8)10(12)6-11-7;1-7(9)8-5-3-2-4-6-8/h4-12,15H,13H2,1-3H3;3-11,14H,12H2,1-2H3,(H,19,20);3-10,13,17,19H,11H2,1-2H3;3-10,13H,11H2,1-2H3;3-7,10H,8-9H2,1-2H3;2-5,7,10-12H,6H2,1H3;2-7H,9H2,1H3/t15-;14-;13-,17+;13-;10-;7-,10+;7-/m0000100/s1. The normalized spacial score (nSPS) is 17.0. The predicted octanol–water partition coefficient (Wildman–Crippen LogP) is 17.3. The molecule has 0 unspecified atom stereocenters. The van der Waals surface area contributed by atoms with E-state index in [2.05, 4.69) is 46.8 Å². The molecule has 3 aliphatic rings. The van der Waals surface area contributed by atoms with Crippen LogP contribution in [0.25, 0.3) is 0 Å². The average Bonchev–Trinajstić information content (AvgIpc) is 0.760. The number of sulfonamides is 4. The van der Waals surface area contributed by atoms with E-state index in [9.17, 15) is 63.1 Å². The number of carbonyl (C=O) groups is 4. The molecular formula is C99H116N6O17S4. The van der Waals surface area contributed by atoms with E-state index in [0.29, 0.717) is 30.5 Å². The lowest BCUT2D eigenvalue weighted by Crippen LogP contribution is -2.41. The fourth-order valence-corrected chi connectivity index (χ4v) is 20.6. The van der Waals surface area contributed by atoms with Crippen LogP contribution in [0.4, 0.5) is 0 Å². The minimum Gasteiger partial charge on any atom is -0.480 e. The van der Waals surface area contributed by atoms with Gasteiger partial charge in [0.1, 0.15) is 13.1 Å². The van der Waals surface area contributed by atoms with Gasteiger partial charge in [0.15, 0.2) is 5.78 Å². The van der Waals surface area contributed by atoms with Gasteiger partial charge in [0, 0.05) is 61.3 Å². The number of fused-ring (bicyclic) bond motifs is 3. The van der Waals surface area contributed by atoms with Crippen molar-refractivity contribution in [1.29, 1.82) is 0 Å².